The van der Waals surface area contributed by atoms with Gasteiger partial charge in [-0.2, -0.15) is 5.10 Å². The Kier molecular flexibility index (Phi) is 3.93. The average Bonchev–Trinajstić information content (AvgIpc) is 2.81. The number of benzene rings is 1. The third-order valence-electron chi connectivity index (χ3n) is 3.20. The van der Waals surface area contributed by atoms with E-state index in [2.05, 4.69) is 37.3 Å². The molecule has 20 heavy (non-hydrogen) atoms. The summed E-state index contributed by atoms with van der Waals surface area (Å²) >= 11 is 0. The number of nitrogens with one attached hydrogen (secondary N) is 1. The zero-order valence-corrected chi connectivity index (χ0v) is 12.5. The van der Waals surface area contributed by atoms with Crippen molar-refractivity contribution in [1.82, 2.24) is 15.1 Å². The summed E-state index contributed by atoms with van der Waals surface area (Å²) in [5.74, 6) is -0.0556. The molecule has 0 unspecified atom stereocenters. The highest BCUT2D eigenvalue weighted by Crippen LogP contribution is 2.22. The molecule has 1 heterocycles. The molecule has 1 aromatic heterocycles. The van der Waals surface area contributed by atoms with E-state index in [0.717, 1.165) is 11.1 Å². The molecule has 0 saturated heterocycles. The second-order valence-electron chi connectivity index (χ2n) is 6.04. The fraction of sp³-hybridized carbons (Fsp3) is 0.375. The van der Waals surface area contributed by atoms with Crippen molar-refractivity contribution in [3.8, 4) is 0 Å². The molecule has 2 rings (SSSR count). The number of hydrogen-bond acceptors (Lipinski definition) is 2. The van der Waals surface area contributed by atoms with Crippen LogP contribution >= 0.6 is 0 Å². The van der Waals surface area contributed by atoms with E-state index in [-0.39, 0.29) is 11.3 Å². The number of rotatable bonds is 3. The van der Waals surface area contributed by atoms with Crippen molar-refractivity contribution in [3.05, 3.63) is 53.3 Å². The van der Waals surface area contributed by atoms with Crippen molar-refractivity contribution < 1.29 is 4.79 Å². The van der Waals surface area contributed by atoms with Crippen LogP contribution in [0.4, 0.5) is 0 Å². The van der Waals surface area contributed by atoms with Crippen molar-refractivity contribution >= 4 is 5.91 Å². The van der Waals surface area contributed by atoms with E-state index in [0.29, 0.717) is 12.1 Å². The van der Waals surface area contributed by atoms with Crippen LogP contribution in [0.25, 0.3) is 0 Å². The van der Waals surface area contributed by atoms with Gasteiger partial charge in [-0.3, -0.25) is 9.48 Å². The Balaban J connectivity index is 2.06. The number of nitrogens with zero attached hydrogens (tertiary/aromatic N) is 2. The predicted octanol–water partition coefficient (Wildman–Crippen LogP) is 2.65. The van der Waals surface area contributed by atoms with Gasteiger partial charge < -0.3 is 5.32 Å². The summed E-state index contributed by atoms with van der Waals surface area (Å²) in [4.78, 5) is 12.2. The Bertz CT molecular complexity index is 608. The van der Waals surface area contributed by atoms with Crippen LogP contribution in [0.5, 0.6) is 0 Å². The number of aryl methyl sites for hydroxylation is 1. The van der Waals surface area contributed by atoms with E-state index >= 15 is 0 Å². The fourth-order valence-electron chi connectivity index (χ4n) is 1.97. The Morgan fingerprint density at radius 1 is 1.35 bits per heavy atom. The SMILES string of the molecule is Cn1cc(CNC(=O)c2cccc(C(C)(C)C)c2)cn1. The lowest BCUT2D eigenvalue weighted by molar-refractivity contribution is 0.0951. The molecule has 1 N–H and O–H groups in total. The summed E-state index contributed by atoms with van der Waals surface area (Å²) in [5, 5.41) is 6.99. The van der Waals surface area contributed by atoms with E-state index in [1.165, 1.54) is 0 Å². The number of carbonyl (C=O) groups excluding carboxylic acids is 1. The minimum atomic E-state index is -0.0556. The first-order valence-corrected chi connectivity index (χ1v) is 6.72. The lowest BCUT2D eigenvalue weighted by Gasteiger charge is -2.19. The van der Waals surface area contributed by atoms with Crippen LogP contribution in [0.3, 0.4) is 0 Å². The maximum atomic E-state index is 12.2. The number of aromatic nitrogens is 2. The average molecular weight is 271 g/mol. The summed E-state index contributed by atoms with van der Waals surface area (Å²) in [6.07, 6.45) is 3.65. The van der Waals surface area contributed by atoms with Crippen molar-refractivity contribution in [1.29, 1.82) is 0 Å². The summed E-state index contributed by atoms with van der Waals surface area (Å²) in [5.41, 5.74) is 2.89. The van der Waals surface area contributed by atoms with E-state index in [1.54, 1.807) is 10.9 Å². The molecule has 1 amide bonds. The lowest BCUT2D eigenvalue weighted by atomic mass is 9.86. The second-order valence-corrected chi connectivity index (χ2v) is 6.04. The first-order chi connectivity index (χ1) is 9.36. The minimum Gasteiger partial charge on any atom is -0.348 e. The molecule has 0 fully saturated rings. The van der Waals surface area contributed by atoms with Gasteiger partial charge in [-0.25, -0.2) is 0 Å². The van der Waals surface area contributed by atoms with E-state index in [1.807, 2.05) is 31.4 Å². The number of hydrogen-bond donors (Lipinski definition) is 1. The fourth-order valence-corrected chi connectivity index (χ4v) is 1.97. The Labute approximate surface area is 119 Å². The monoisotopic (exact) mass is 271 g/mol. The van der Waals surface area contributed by atoms with Gasteiger partial charge in [0.15, 0.2) is 0 Å². The minimum absolute atomic E-state index is 0.0413. The Morgan fingerprint density at radius 3 is 2.70 bits per heavy atom. The van der Waals surface area contributed by atoms with Crippen molar-refractivity contribution in [2.45, 2.75) is 32.7 Å². The lowest BCUT2D eigenvalue weighted by Crippen LogP contribution is -2.23. The van der Waals surface area contributed by atoms with Crippen LogP contribution in [0.15, 0.2) is 36.7 Å². The number of amides is 1. The number of carbonyl (C=O) groups is 1. The van der Waals surface area contributed by atoms with E-state index in [9.17, 15) is 4.79 Å². The molecule has 0 spiro atoms. The molecule has 106 valence electrons. The smallest absolute Gasteiger partial charge is 0.251 e. The van der Waals surface area contributed by atoms with Crippen LogP contribution in [-0.4, -0.2) is 15.7 Å². The summed E-state index contributed by atoms with van der Waals surface area (Å²) in [6, 6.07) is 7.78. The third-order valence-corrected chi connectivity index (χ3v) is 3.20. The Hall–Kier alpha value is -2.10. The van der Waals surface area contributed by atoms with Gasteiger partial charge in [-0.15, -0.1) is 0 Å². The van der Waals surface area contributed by atoms with Gasteiger partial charge in [-0.1, -0.05) is 32.9 Å². The zero-order valence-electron chi connectivity index (χ0n) is 12.5. The molecule has 0 aliphatic rings. The van der Waals surface area contributed by atoms with E-state index < -0.39 is 0 Å². The molecule has 1 aromatic carbocycles. The van der Waals surface area contributed by atoms with Gasteiger partial charge in [0.05, 0.1) is 6.20 Å². The van der Waals surface area contributed by atoms with Gasteiger partial charge in [0, 0.05) is 30.9 Å². The third kappa shape index (κ3) is 3.47. The zero-order chi connectivity index (χ0) is 14.8. The van der Waals surface area contributed by atoms with Crippen LogP contribution in [-0.2, 0) is 19.0 Å². The van der Waals surface area contributed by atoms with Gasteiger partial charge in [0.1, 0.15) is 0 Å². The molecule has 0 atom stereocenters. The molecular formula is C16H21N3O. The van der Waals surface area contributed by atoms with Gasteiger partial charge >= 0.3 is 0 Å². The van der Waals surface area contributed by atoms with Gasteiger partial charge in [-0.05, 0) is 23.1 Å². The highest BCUT2D eigenvalue weighted by molar-refractivity contribution is 5.94. The van der Waals surface area contributed by atoms with Crippen LogP contribution in [0.2, 0.25) is 0 Å². The van der Waals surface area contributed by atoms with Gasteiger partial charge in [0.2, 0.25) is 0 Å². The molecule has 0 aliphatic heterocycles. The molecule has 0 aliphatic carbocycles. The second kappa shape index (κ2) is 5.49. The molecule has 4 nitrogen and oxygen atoms in total. The molecule has 0 saturated carbocycles. The Morgan fingerprint density at radius 2 is 2.10 bits per heavy atom. The molecule has 2 aromatic rings. The van der Waals surface area contributed by atoms with Crippen LogP contribution < -0.4 is 5.32 Å². The van der Waals surface area contributed by atoms with Gasteiger partial charge in [0.25, 0.3) is 5.91 Å². The highest BCUT2D eigenvalue weighted by Gasteiger charge is 2.15. The topological polar surface area (TPSA) is 46.9 Å². The van der Waals surface area contributed by atoms with E-state index in [4.69, 9.17) is 0 Å². The molecule has 0 radical (unpaired) electrons. The van der Waals surface area contributed by atoms with Crippen LogP contribution in [0, 0.1) is 0 Å². The summed E-state index contributed by atoms with van der Waals surface area (Å²) in [6.45, 7) is 6.91. The normalized spacial score (nSPS) is 11.4. The molecular weight excluding hydrogens is 250 g/mol. The largest absolute Gasteiger partial charge is 0.348 e. The van der Waals surface area contributed by atoms with Crippen molar-refractivity contribution in [3.63, 3.8) is 0 Å². The highest BCUT2D eigenvalue weighted by atomic mass is 16.1. The standard InChI is InChI=1S/C16H21N3O/c1-16(2,3)14-7-5-6-13(8-14)15(20)17-9-12-10-18-19(4)11-12/h5-8,10-11H,9H2,1-4H3,(H,17,20). The first-order valence-electron chi connectivity index (χ1n) is 6.72. The molecule has 4 heteroatoms. The summed E-state index contributed by atoms with van der Waals surface area (Å²) < 4.78 is 1.72. The maximum absolute atomic E-state index is 12.2. The molecule has 0 bridgehead atoms. The predicted molar refractivity (Wildman–Crippen MR) is 79.5 cm³/mol. The summed E-state index contributed by atoms with van der Waals surface area (Å²) in [7, 11) is 1.86. The van der Waals surface area contributed by atoms with Crippen molar-refractivity contribution in [2.24, 2.45) is 7.05 Å². The van der Waals surface area contributed by atoms with Crippen LogP contribution in [0.1, 0.15) is 42.3 Å². The first kappa shape index (κ1) is 14.3. The quantitative estimate of drug-likeness (QED) is 0.933. The van der Waals surface area contributed by atoms with Crippen molar-refractivity contribution in [2.75, 3.05) is 0 Å². The maximum Gasteiger partial charge on any atom is 0.251 e.